The van der Waals surface area contributed by atoms with Crippen molar-refractivity contribution in [2.75, 3.05) is 12.4 Å². The molecule has 0 saturated carbocycles. The van der Waals surface area contributed by atoms with E-state index in [9.17, 15) is 4.79 Å². The van der Waals surface area contributed by atoms with Crippen LogP contribution in [0.4, 0.5) is 5.69 Å². The number of anilines is 1. The molecule has 7 nitrogen and oxygen atoms in total. The van der Waals surface area contributed by atoms with Gasteiger partial charge in [0.25, 0.3) is 5.91 Å². The highest BCUT2D eigenvalue weighted by atomic mass is 32.1. The number of nitrogens with zero attached hydrogens (tertiary/aromatic N) is 2. The number of H-pyrrole nitrogens is 1. The number of amides is 1. The second-order valence-electron chi connectivity index (χ2n) is 6.61. The smallest absolute Gasteiger partial charge is 0.274 e. The summed E-state index contributed by atoms with van der Waals surface area (Å²) >= 11 is 5.36. The summed E-state index contributed by atoms with van der Waals surface area (Å²) in [5, 5.41) is 2.90. The molecule has 8 heteroatoms. The van der Waals surface area contributed by atoms with E-state index in [2.05, 4.69) is 15.3 Å². The Morgan fingerprint density at radius 2 is 1.87 bits per heavy atom. The van der Waals surface area contributed by atoms with Crippen LogP contribution in [0, 0.1) is 4.77 Å². The van der Waals surface area contributed by atoms with E-state index in [1.165, 1.54) is 0 Å². The molecule has 0 spiro atoms. The zero-order valence-electron chi connectivity index (χ0n) is 16.7. The quantitative estimate of drug-likeness (QED) is 0.411. The fourth-order valence-electron chi connectivity index (χ4n) is 3.07. The molecule has 156 valence electrons. The molecule has 0 radical (unpaired) electrons. The molecule has 0 atom stereocenters. The van der Waals surface area contributed by atoms with Crippen LogP contribution in [0.1, 0.15) is 16.1 Å². The van der Waals surface area contributed by atoms with Gasteiger partial charge in [-0.2, -0.15) is 0 Å². The number of para-hydroxylation sites is 1. The number of ether oxygens (including phenoxy) is 2. The van der Waals surface area contributed by atoms with Crippen LogP contribution in [0.25, 0.3) is 5.69 Å². The molecule has 31 heavy (non-hydrogen) atoms. The van der Waals surface area contributed by atoms with E-state index >= 15 is 0 Å². The van der Waals surface area contributed by atoms with E-state index in [1.807, 2.05) is 42.5 Å². The summed E-state index contributed by atoms with van der Waals surface area (Å²) in [5.74, 6) is 0.786. The number of nitrogens with one attached hydrogen (secondary N) is 2. The van der Waals surface area contributed by atoms with E-state index in [-0.39, 0.29) is 5.91 Å². The largest absolute Gasteiger partial charge is 0.493 e. The van der Waals surface area contributed by atoms with Gasteiger partial charge in [0.05, 0.1) is 7.11 Å². The summed E-state index contributed by atoms with van der Waals surface area (Å²) in [4.78, 5) is 19.9. The number of aromatic amines is 1. The van der Waals surface area contributed by atoms with E-state index in [4.69, 9.17) is 21.7 Å². The number of pyridine rings is 1. The van der Waals surface area contributed by atoms with Gasteiger partial charge in [0.15, 0.2) is 16.3 Å². The normalized spacial score (nSPS) is 10.5. The summed E-state index contributed by atoms with van der Waals surface area (Å²) in [6.45, 7) is 0.349. The number of hydrogen-bond acceptors (Lipinski definition) is 5. The Bertz CT molecular complexity index is 1240. The molecule has 2 heterocycles. The average Bonchev–Trinajstić information content (AvgIpc) is 3.20. The van der Waals surface area contributed by atoms with Crippen molar-refractivity contribution >= 4 is 23.8 Å². The molecule has 4 aromatic rings. The summed E-state index contributed by atoms with van der Waals surface area (Å²) in [6.07, 6.45) is 5.01. The van der Waals surface area contributed by atoms with Gasteiger partial charge in [-0.15, -0.1) is 0 Å². The molecule has 0 unspecified atom stereocenters. The predicted molar refractivity (Wildman–Crippen MR) is 120 cm³/mol. The molecule has 1 amide bonds. The Labute approximate surface area is 184 Å². The van der Waals surface area contributed by atoms with Crippen molar-refractivity contribution in [3.8, 4) is 17.2 Å². The second kappa shape index (κ2) is 9.27. The third-order valence-electron chi connectivity index (χ3n) is 4.59. The van der Waals surface area contributed by atoms with Crippen LogP contribution < -0.4 is 14.8 Å². The minimum atomic E-state index is -0.304. The van der Waals surface area contributed by atoms with Gasteiger partial charge in [-0.3, -0.25) is 14.3 Å². The zero-order chi connectivity index (χ0) is 21.6. The highest BCUT2D eigenvalue weighted by Crippen LogP contribution is 2.31. The Morgan fingerprint density at radius 3 is 2.61 bits per heavy atom. The topological polar surface area (TPSA) is 81.2 Å². The minimum Gasteiger partial charge on any atom is -0.493 e. The Hall–Kier alpha value is -3.91. The number of benzene rings is 2. The van der Waals surface area contributed by atoms with E-state index < -0.39 is 0 Å². The highest BCUT2D eigenvalue weighted by molar-refractivity contribution is 7.71. The summed E-state index contributed by atoms with van der Waals surface area (Å²) in [6, 6.07) is 18.4. The van der Waals surface area contributed by atoms with Crippen LogP contribution in [-0.4, -0.2) is 27.6 Å². The molecule has 4 rings (SSSR count). The Balaban J connectivity index is 1.56. The van der Waals surface area contributed by atoms with Crippen molar-refractivity contribution in [1.82, 2.24) is 14.5 Å². The third-order valence-corrected chi connectivity index (χ3v) is 4.89. The zero-order valence-corrected chi connectivity index (χ0v) is 17.6. The van der Waals surface area contributed by atoms with Crippen LogP contribution in [-0.2, 0) is 6.61 Å². The first kappa shape index (κ1) is 20.4. The van der Waals surface area contributed by atoms with Crippen molar-refractivity contribution in [3.05, 3.63) is 95.3 Å². The van der Waals surface area contributed by atoms with E-state index in [1.54, 1.807) is 48.5 Å². The van der Waals surface area contributed by atoms with Gasteiger partial charge in [-0.05, 0) is 54.2 Å². The molecule has 2 N–H and O–H groups in total. The maximum Gasteiger partial charge on any atom is 0.274 e. The molecular weight excluding hydrogens is 412 g/mol. The van der Waals surface area contributed by atoms with Gasteiger partial charge >= 0.3 is 0 Å². The number of carbonyl (C=O) groups excluding carboxylic acids is 1. The second-order valence-corrected chi connectivity index (χ2v) is 7.00. The average molecular weight is 433 g/mol. The van der Waals surface area contributed by atoms with Crippen molar-refractivity contribution in [2.24, 2.45) is 0 Å². The van der Waals surface area contributed by atoms with Gasteiger partial charge in [-0.25, -0.2) is 0 Å². The van der Waals surface area contributed by atoms with Gasteiger partial charge in [0.2, 0.25) is 0 Å². The van der Waals surface area contributed by atoms with Crippen molar-refractivity contribution in [3.63, 3.8) is 0 Å². The maximum absolute atomic E-state index is 13.0. The maximum atomic E-state index is 13.0. The summed E-state index contributed by atoms with van der Waals surface area (Å²) < 4.78 is 13.4. The molecule has 0 aliphatic heterocycles. The van der Waals surface area contributed by atoms with Crippen LogP contribution in [0.5, 0.6) is 11.5 Å². The molecule has 0 aliphatic carbocycles. The molecule has 0 fully saturated rings. The van der Waals surface area contributed by atoms with E-state index in [0.717, 1.165) is 11.3 Å². The fraction of sp³-hybridized carbons (Fsp3) is 0.0870. The Morgan fingerprint density at radius 1 is 1.10 bits per heavy atom. The van der Waals surface area contributed by atoms with Gasteiger partial charge in [0.1, 0.15) is 12.3 Å². The number of imidazole rings is 1. The lowest BCUT2D eigenvalue weighted by Gasteiger charge is -2.13. The molecule has 0 aliphatic rings. The molecule has 2 aromatic heterocycles. The molecular formula is C23H20N4O3S. The molecule has 0 bridgehead atoms. The first-order valence-electron chi connectivity index (χ1n) is 9.52. The number of hydrogen-bond donors (Lipinski definition) is 2. The van der Waals surface area contributed by atoms with E-state index in [0.29, 0.717) is 34.3 Å². The van der Waals surface area contributed by atoms with Crippen LogP contribution >= 0.6 is 12.2 Å². The lowest BCUT2D eigenvalue weighted by Crippen LogP contribution is -2.16. The highest BCUT2D eigenvalue weighted by Gasteiger charge is 2.16. The number of rotatable bonds is 7. The van der Waals surface area contributed by atoms with Crippen molar-refractivity contribution in [1.29, 1.82) is 0 Å². The monoisotopic (exact) mass is 432 g/mol. The summed E-state index contributed by atoms with van der Waals surface area (Å²) in [5.41, 5.74) is 2.74. The third kappa shape index (κ3) is 4.65. The van der Waals surface area contributed by atoms with Crippen LogP contribution in [0.15, 0.2) is 79.3 Å². The van der Waals surface area contributed by atoms with Crippen molar-refractivity contribution in [2.45, 2.75) is 6.61 Å². The summed E-state index contributed by atoms with van der Waals surface area (Å²) in [7, 11) is 1.57. The van der Waals surface area contributed by atoms with Gasteiger partial charge in [-0.1, -0.05) is 18.2 Å². The minimum absolute atomic E-state index is 0.304. The Kier molecular flexibility index (Phi) is 6.09. The fourth-order valence-corrected chi connectivity index (χ4v) is 3.33. The standard InChI is InChI=1S/C23H20N4O3S/c1-29-20-8-7-17(13-21(20)30-15-16-9-11-24-12-10-16)26-22(28)19-14-25-23(31)27(19)18-5-3-2-4-6-18/h2-14H,15H2,1H3,(H,25,31)(H,26,28). The number of carbonyl (C=O) groups is 1. The lowest BCUT2D eigenvalue weighted by atomic mass is 10.2. The van der Waals surface area contributed by atoms with Crippen LogP contribution in [0.2, 0.25) is 0 Å². The first-order valence-corrected chi connectivity index (χ1v) is 9.93. The van der Waals surface area contributed by atoms with Crippen LogP contribution in [0.3, 0.4) is 0 Å². The number of methoxy groups -OCH3 is 1. The first-order chi connectivity index (χ1) is 15.2. The van der Waals surface area contributed by atoms with Crippen molar-refractivity contribution < 1.29 is 14.3 Å². The lowest BCUT2D eigenvalue weighted by molar-refractivity contribution is 0.102. The van der Waals surface area contributed by atoms with Gasteiger partial charge < -0.3 is 19.8 Å². The molecule has 0 saturated heterocycles. The predicted octanol–water partition coefficient (Wildman–Crippen LogP) is 4.77. The SMILES string of the molecule is COc1ccc(NC(=O)c2c[nH]c(=S)n2-c2ccccc2)cc1OCc1ccncc1. The molecule has 2 aromatic carbocycles. The van der Waals surface area contributed by atoms with Gasteiger partial charge in [0, 0.05) is 36.0 Å². The number of aromatic nitrogens is 3.